The molecule has 1 rings (SSSR count). The summed E-state index contributed by atoms with van der Waals surface area (Å²) in [5.74, 6) is 0.695. The van der Waals surface area contributed by atoms with Crippen LogP contribution in [0.3, 0.4) is 0 Å². The maximum atomic E-state index is 11.9. The Balaban J connectivity index is 2.72. The number of rotatable bonds is 4. The summed E-state index contributed by atoms with van der Waals surface area (Å²) in [5.41, 5.74) is -0.284. The van der Waals surface area contributed by atoms with Crippen LogP contribution in [0, 0.1) is 17.3 Å². The molecule has 1 nitrogen and oxygen atoms in total. The SMILES string of the molecule is CCCCC1C(=O)C(C)(C)C1C=C(Cl)Cl. The van der Waals surface area contributed by atoms with Crippen LogP contribution in [-0.2, 0) is 4.79 Å². The molecule has 1 aliphatic carbocycles. The fourth-order valence-corrected chi connectivity index (χ4v) is 2.68. The standard InChI is InChI=1S/C12H18Cl2O/c1-4-5-6-8-9(7-10(13)14)12(2,3)11(8)15/h7-9H,4-6H2,1-3H3. The van der Waals surface area contributed by atoms with Crippen LogP contribution in [0.4, 0.5) is 0 Å². The molecule has 2 unspecified atom stereocenters. The van der Waals surface area contributed by atoms with Crippen LogP contribution < -0.4 is 0 Å². The van der Waals surface area contributed by atoms with Crippen LogP contribution in [0.2, 0.25) is 0 Å². The minimum absolute atomic E-state index is 0.132. The minimum Gasteiger partial charge on any atom is -0.299 e. The van der Waals surface area contributed by atoms with Gasteiger partial charge in [-0.1, -0.05) is 56.8 Å². The predicted molar refractivity (Wildman–Crippen MR) is 65.1 cm³/mol. The highest BCUT2D eigenvalue weighted by Gasteiger charge is 2.53. The van der Waals surface area contributed by atoms with E-state index in [1.165, 1.54) is 0 Å². The molecule has 1 aliphatic rings. The summed E-state index contributed by atoms with van der Waals surface area (Å²) in [4.78, 5) is 11.9. The number of hydrogen-bond acceptors (Lipinski definition) is 1. The molecule has 0 aromatic heterocycles. The normalized spacial score (nSPS) is 28.5. The second-order valence-electron chi connectivity index (χ2n) is 4.82. The smallest absolute Gasteiger partial charge is 0.142 e. The number of carbonyl (C=O) groups excluding carboxylic acids is 1. The van der Waals surface area contributed by atoms with Gasteiger partial charge in [0.05, 0.1) is 0 Å². The molecule has 0 aliphatic heterocycles. The van der Waals surface area contributed by atoms with Crippen molar-refractivity contribution in [1.29, 1.82) is 0 Å². The van der Waals surface area contributed by atoms with Gasteiger partial charge in [-0.2, -0.15) is 0 Å². The van der Waals surface area contributed by atoms with Crippen molar-refractivity contribution in [3.05, 3.63) is 10.6 Å². The molecule has 1 fully saturated rings. The van der Waals surface area contributed by atoms with Crippen molar-refractivity contribution in [2.45, 2.75) is 40.0 Å². The summed E-state index contributed by atoms with van der Waals surface area (Å²) in [6.07, 6.45) is 5.00. The zero-order chi connectivity index (χ0) is 11.6. The van der Waals surface area contributed by atoms with Gasteiger partial charge in [0.2, 0.25) is 0 Å². The van der Waals surface area contributed by atoms with Crippen molar-refractivity contribution < 1.29 is 4.79 Å². The molecule has 0 saturated heterocycles. The number of allylic oxidation sites excluding steroid dienone is 1. The van der Waals surface area contributed by atoms with E-state index in [1.54, 1.807) is 0 Å². The number of carbonyl (C=O) groups is 1. The summed E-state index contributed by atoms with van der Waals surface area (Å²) >= 11 is 11.3. The first kappa shape index (κ1) is 13.1. The molecular formula is C12H18Cl2O. The van der Waals surface area contributed by atoms with Crippen LogP contribution in [0.25, 0.3) is 0 Å². The van der Waals surface area contributed by atoms with E-state index < -0.39 is 0 Å². The average Bonchev–Trinajstić information content (AvgIpc) is 2.16. The van der Waals surface area contributed by atoms with E-state index in [1.807, 2.05) is 19.9 Å². The maximum absolute atomic E-state index is 11.9. The Morgan fingerprint density at radius 2 is 2.07 bits per heavy atom. The highest BCUT2D eigenvalue weighted by atomic mass is 35.5. The Hall–Kier alpha value is -0.0100. The fourth-order valence-electron chi connectivity index (χ4n) is 2.41. The number of hydrogen-bond donors (Lipinski definition) is 0. The third-order valence-corrected chi connectivity index (χ3v) is 3.66. The first-order valence-electron chi connectivity index (χ1n) is 5.48. The van der Waals surface area contributed by atoms with Crippen LogP contribution >= 0.6 is 23.2 Å². The lowest BCUT2D eigenvalue weighted by Gasteiger charge is -2.48. The Bertz CT molecular complexity index is 277. The van der Waals surface area contributed by atoms with Gasteiger partial charge in [0.25, 0.3) is 0 Å². The monoisotopic (exact) mass is 248 g/mol. The van der Waals surface area contributed by atoms with Gasteiger partial charge in [-0.3, -0.25) is 4.79 Å². The van der Waals surface area contributed by atoms with Gasteiger partial charge < -0.3 is 0 Å². The molecule has 0 spiro atoms. The molecule has 0 heterocycles. The Morgan fingerprint density at radius 3 is 2.53 bits per heavy atom. The topological polar surface area (TPSA) is 17.1 Å². The molecule has 0 aromatic carbocycles. The quantitative estimate of drug-likeness (QED) is 0.724. The van der Waals surface area contributed by atoms with Gasteiger partial charge in [-0.25, -0.2) is 0 Å². The zero-order valence-electron chi connectivity index (χ0n) is 9.52. The Morgan fingerprint density at radius 1 is 1.47 bits per heavy atom. The van der Waals surface area contributed by atoms with E-state index >= 15 is 0 Å². The van der Waals surface area contributed by atoms with E-state index in [-0.39, 0.29) is 21.7 Å². The van der Waals surface area contributed by atoms with Crippen molar-refractivity contribution in [1.82, 2.24) is 0 Å². The van der Waals surface area contributed by atoms with Crippen molar-refractivity contribution in [2.24, 2.45) is 17.3 Å². The number of ketones is 1. The molecule has 0 bridgehead atoms. The van der Waals surface area contributed by atoms with E-state index in [0.29, 0.717) is 5.78 Å². The molecular weight excluding hydrogens is 231 g/mol. The summed E-state index contributed by atoms with van der Waals surface area (Å²) in [6, 6.07) is 0. The van der Waals surface area contributed by atoms with Crippen molar-refractivity contribution in [3.63, 3.8) is 0 Å². The largest absolute Gasteiger partial charge is 0.299 e. The minimum atomic E-state index is -0.284. The lowest BCUT2D eigenvalue weighted by molar-refractivity contribution is -0.150. The number of Topliss-reactive ketones (excluding diaryl/α,β-unsaturated/α-hetero) is 1. The number of unbranched alkanes of at least 4 members (excludes halogenated alkanes) is 1. The van der Waals surface area contributed by atoms with Gasteiger partial charge in [0, 0.05) is 17.3 Å². The van der Waals surface area contributed by atoms with Crippen LogP contribution in [0.15, 0.2) is 10.6 Å². The van der Waals surface area contributed by atoms with Gasteiger partial charge in [-0.15, -0.1) is 0 Å². The third-order valence-electron chi connectivity index (χ3n) is 3.41. The van der Waals surface area contributed by atoms with E-state index in [4.69, 9.17) is 23.2 Å². The first-order valence-corrected chi connectivity index (χ1v) is 6.24. The molecule has 0 N–H and O–H groups in total. The molecule has 2 atom stereocenters. The molecule has 86 valence electrons. The lowest BCUT2D eigenvalue weighted by Crippen LogP contribution is -2.53. The van der Waals surface area contributed by atoms with E-state index in [2.05, 4.69) is 6.92 Å². The third kappa shape index (κ3) is 2.57. The van der Waals surface area contributed by atoms with Gasteiger partial charge in [0.15, 0.2) is 0 Å². The summed E-state index contributed by atoms with van der Waals surface area (Å²) in [6.45, 7) is 6.07. The fraction of sp³-hybridized carbons (Fsp3) is 0.750. The Kier molecular flexibility index (Phi) is 4.25. The second-order valence-corrected chi connectivity index (χ2v) is 5.82. The zero-order valence-corrected chi connectivity index (χ0v) is 11.0. The van der Waals surface area contributed by atoms with E-state index in [0.717, 1.165) is 19.3 Å². The van der Waals surface area contributed by atoms with Gasteiger partial charge >= 0.3 is 0 Å². The first-order chi connectivity index (χ1) is 6.91. The molecule has 15 heavy (non-hydrogen) atoms. The second kappa shape index (κ2) is 4.88. The summed E-state index contributed by atoms with van der Waals surface area (Å²) in [7, 11) is 0. The summed E-state index contributed by atoms with van der Waals surface area (Å²) in [5, 5.41) is 0. The average molecular weight is 249 g/mol. The van der Waals surface area contributed by atoms with Crippen LogP contribution in [-0.4, -0.2) is 5.78 Å². The molecule has 0 aromatic rings. The van der Waals surface area contributed by atoms with E-state index in [9.17, 15) is 4.79 Å². The van der Waals surface area contributed by atoms with Crippen molar-refractivity contribution in [2.75, 3.05) is 0 Å². The summed E-state index contributed by atoms with van der Waals surface area (Å²) < 4.78 is 0.280. The highest BCUT2D eigenvalue weighted by molar-refractivity contribution is 6.55. The maximum Gasteiger partial charge on any atom is 0.142 e. The van der Waals surface area contributed by atoms with Crippen LogP contribution in [0.1, 0.15) is 40.0 Å². The molecule has 1 saturated carbocycles. The molecule has 0 amide bonds. The van der Waals surface area contributed by atoms with Gasteiger partial charge in [-0.05, 0) is 12.5 Å². The van der Waals surface area contributed by atoms with Crippen LogP contribution in [0.5, 0.6) is 0 Å². The molecule has 0 radical (unpaired) electrons. The van der Waals surface area contributed by atoms with Crippen molar-refractivity contribution >= 4 is 29.0 Å². The highest BCUT2D eigenvalue weighted by Crippen LogP contribution is 2.50. The van der Waals surface area contributed by atoms with Gasteiger partial charge in [0.1, 0.15) is 10.3 Å². The van der Waals surface area contributed by atoms with Crippen molar-refractivity contribution in [3.8, 4) is 0 Å². The lowest BCUT2D eigenvalue weighted by atomic mass is 9.53. The predicted octanol–water partition coefficient (Wildman–Crippen LogP) is 4.34. The molecule has 3 heteroatoms. The Labute approximate surface area is 102 Å². The number of halogens is 2.